The van der Waals surface area contributed by atoms with E-state index in [-0.39, 0.29) is 6.03 Å². The van der Waals surface area contributed by atoms with Crippen LogP contribution < -0.4 is 10.6 Å². The summed E-state index contributed by atoms with van der Waals surface area (Å²) in [7, 11) is 0. The Bertz CT molecular complexity index is 813. The molecule has 7 heteroatoms. The van der Waals surface area contributed by atoms with Crippen molar-refractivity contribution in [2.45, 2.75) is 20.0 Å². The van der Waals surface area contributed by atoms with Crippen molar-refractivity contribution in [1.82, 2.24) is 15.6 Å². The number of carbonyl (C=O) groups excluding carboxylic acids is 1. The Labute approximate surface area is 148 Å². The lowest BCUT2D eigenvalue weighted by Crippen LogP contribution is -2.34. The highest BCUT2D eigenvalue weighted by atomic mass is 35.5. The van der Waals surface area contributed by atoms with Crippen LogP contribution in [-0.4, -0.2) is 11.0 Å². The normalized spacial score (nSPS) is 10.6. The molecule has 0 aliphatic heterocycles. The molecular formula is C17H16ClN3O2S. The number of amides is 2. The number of hydrogen-bond acceptors (Lipinski definition) is 4. The van der Waals surface area contributed by atoms with Gasteiger partial charge in [-0.1, -0.05) is 23.7 Å². The van der Waals surface area contributed by atoms with Crippen LogP contribution in [0.15, 0.2) is 47.1 Å². The van der Waals surface area contributed by atoms with Crippen LogP contribution in [0.5, 0.6) is 0 Å². The highest BCUT2D eigenvalue weighted by Crippen LogP contribution is 2.27. The van der Waals surface area contributed by atoms with Gasteiger partial charge in [-0.2, -0.15) is 0 Å². The van der Waals surface area contributed by atoms with E-state index in [2.05, 4.69) is 15.6 Å². The number of urea groups is 1. The number of nitrogens with one attached hydrogen (secondary N) is 2. The lowest BCUT2D eigenvalue weighted by atomic mass is 10.2. The molecule has 0 atom stereocenters. The maximum Gasteiger partial charge on any atom is 0.315 e. The highest BCUT2D eigenvalue weighted by Gasteiger charge is 2.12. The van der Waals surface area contributed by atoms with E-state index in [9.17, 15) is 4.79 Å². The molecule has 5 nitrogen and oxygen atoms in total. The molecular weight excluding hydrogens is 346 g/mol. The Morgan fingerprint density at radius 1 is 1.21 bits per heavy atom. The van der Waals surface area contributed by atoms with Gasteiger partial charge in [-0.25, -0.2) is 9.78 Å². The van der Waals surface area contributed by atoms with Crippen LogP contribution in [0.3, 0.4) is 0 Å². The molecule has 3 rings (SSSR count). The first kappa shape index (κ1) is 16.5. The van der Waals surface area contributed by atoms with Gasteiger partial charge in [-0.3, -0.25) is 0 Å². The third-order valence-corrected chi connectivity index (χ3v) is 4.82. The molecule has 0 saturated heterocycles. The lowest BCUT2D eigenvalue weighted by molar-refractivity contribution is 0.240. The predicted octanol–water partition coefficient (Wildman–Crippen LogP) is 4.36. The van der Waals surface area contributed by atoms with Crippen LogP contribution in [0, 0.1) is 6.92 Å². The van der Waals surface area contributed by atoms with Crippen LogP contribution in [-0.2, 0) is 13.1 Å². The average Bonchev–Trinajstić information content (AvgIpc) is 3.22. The Morgan fingerprint density at radius 3 is 2.67 bits per heavy atom. The Balaban J connectivity index is 1.52. The summed E-state index contributed by atoms with van der Waals surface area (Å²) in [4.78, 5) is 17.4. The Hall–Kier alpha value is -2.31. The summed E-state index contributed by atoms with van der Waals surface area (Å²) in [6.07, 6.45) is 1.62. The van der Waals surface area contributed by atoms with Crippen LogP contribution >= 0.6 is 22.9 Å². The summed E-state index contributed by atoms with van der Waals surface area (Å²) in [5.74, 6) is 0.738. The molecule has 2 N–H and O–H groups in total. The van der Waals surface area contributed by atoms with Crippen molar-refractivity contribution < 1.29 is 9.21 Å². The van der Waals surface area contributed by atoms with Crippen molar-refractivity contribution in [3.8, 4) is 10.8 Å². The minimum Gasteiger partial charge on any atom is -0.462 e. The first-order valence-corrected chi connectivity index (χ1v) is 8.57. The third kappa shape index (κ3) is 4.15. The van der Waals surface area contributed by atoms with Gasteiger partial charge in [-0.05, 0) is 36.8 Å². The van der Waals surface area contributed by atoms with E-state index in [0.717, 1.165) is 26.9 Å². The summed E-state index contributed by atoms with van der Waals surface area (Å²) < 4.78 is 5.35. The molecule has 0 aliphatic rings. The van der Waals surface area contributed by atoms with Gasteiger partial charge < -0.3 is 15.1 Å². The van der Waals surface area contributed by atoms with Gasteiger partial charge >= 0.3 is 6.03 Å². The Morgan fingerprint density at radius 2 is 1.96 bits per heavy atom. The molecule has 2 heterocycles. The number of carbonyl (C=O) groups is 1. The van der Waals surface area contributed by atoms with E-state index in [1.54, 1.807) is 18.4 Å². The number of rotatable bonds is 5. The third-order valence-electron chi connectivity index (χ3n) is 3.40. The summed E-state index contributed by atoms with van der Waals surface area (Å²) in [5, 5.41) is 7.15. The molecule has 0 unspecified atom stereocenters. The number of hydrogen-bond donors (Lipinski definition) is 2. The van der Waals surface area contributed by atoms with Gasteiger partial charge in [0, 0.05) is 16.4 Å². The van der Waals surface area contributed by atoms with Gasteiger partial charge in [0.15, 0.2) is 10.8 Å². The maximum absolute atomic E-state index is 11.9. The molecule has 0 fully saturated rings. The molecule has 0 saturated carbocycles. The fraction of sp³-hybridized carbons (Fsp3) is 0.176. The molecule has 0 radical (unpaired) electrons. The van der Waals surface area contributed by atoms with Crippen LogP contribution in [0.2, 0.25) is 5.02 Å². The number of aryl methyl sites for hydroxylation is 1. The van der Waals surface area contributed by atoms with Crippen molar-refractivity contribution in [2.75, 3.05) is 0 Å². The van der Waals surface area contributed by atoms with E-state index >= 15 is 0 Å². The standard InChI is InChI=1S/C17H16ClN3O2S/c1-11-15(24-16(21-11)14-3-2-8-23-14)10-20-17(22)19-9-12-4-6-13(18)7-5-12/h2-8H,9-10H2,1H3,(H2,19,20,22). The highest BCUT2D eigenvalue weighted by molar-refractivity contribution is 7.15. The van der Waals surface area contributed by atoms with Crippen LogP contribution in [0.1, 0.15) is 16.1 Å². The molecule has 0 bridgehead atoms. The summed E-state index contributed by atoms with van der Waals surface area (Å²) in [5.41, 5.74) is 1.88. The smallest absolute Gasteiger partial charge is 0.315 e. The predicted molar refractivity (Wildman–Crippen MR) is 95.1 cm³/mol. The second-order valence-corrected chi connectivity index (χ2v) is 6.69. The minimum absolute atomic E-state index is 0.225. The first-order valence-electron chi connectivity index (χ1n) is 7.38. The molecule has 2 amide bonds. The quantitative estimate of drug-likeness (QED) is 0.709. The van der Waals surface area contributed by atoms with Gasteiger partial charge in [0.25, 0.3) is 0 Å². The molecule has 3 aromatic rings. The van der Waals surface area contributed by atoms with Gasteiger partial charge in [-0.15, -0.1) is 11.3 Å². The summed E-state index contributed by atoms with van der Waals surface area (Å²) in [6.45, 7) is 2.80. The number of benzene rings is 1. The number of halogens is 1. The van der Waals surface area contributed by atoms with Gasteiger partial charge in [0.05, 0.1) is 18.5 Å². The van der Waals surface area contributed by atoms with Crippen molar-refractivity contribution in [3.63, 3.8) is 0 Å². The van der Waals surface area contributed by atoms with E-state index < -0.39 is 0 Å². The number of nitrogens with zero attached hydrogens (tertiary/aromatic N) is 1. The van der Waals surface area contributed by atoms with Crippen LogP contribution in [0.25, 0.3) is 10.8 Å². The molecule has 2 aromatic heterocycles. The molecule has 24 heavy (non-hydrogen) atoms. The van der Waals surface area contributed by atoms with Crippen molar-refractivity contribution >= 4 is 29.0 Å². The first-order chi connectivity index (χ1) is 11.6. The maximum atomic E-state index is 11.9. The fourth-order valence-corrected chi connectivity index (χ4v) is 3.20. The van der Waals surface area contributed by atoms with Crippen molar-refractivity contribution in [3.05, 3.63) is 63.8 Å². The van der Waals surface area contributed by atoms with Gasteiger partial charge in [0.2, 0.25) is 0 Å². The zero-order valence-electron chi connectivity index (χ0n) is 13.0. The molecule has 0 spiro atoms. The molecule has 1 aromatic carbocycles. The van der Waals surface area contributed by atoms with E-state index in [1.807, 2.05) is 31.2 Å². The number of furan rings is 1. The van der Waals surface area contributed by atoms with E-state index in [0.29, 0.717) is 18.1 Å². The van der Waals surface area contributed by atoms with Crippen LogP contribution in [0.4, 0.5) is 4.79 Å². The van der Waals surface area contributed by atoms with Gasteiger partial charge in [0.1, 0.15) is 0 Å². The SMILES string of the molecule is Cc1nc(-c2ccco2)sc1CNC(=O)NCc1ccc(Cl)cc1. The zero-order chi connectivity index (χ0) is 16.9. The Kier molecular flexibility index (Phi) is 5.17. The number of aromatic nitrogens is 1. The summed E-state index contributed by atoms with van der Waals surface area (Å²) >= 11 is 7.35. The fourth-order valence-electron chi connectivity index (χ4n) is 2.11. The average molecular weight is 362 g/mol. The lowest BCUT2D eigenvalue weighted by Gasteiger charge is -2.07. The molecule has 124 valence electrons. The largest absolute Gasteiger partial charge is 0.462 e. The minimum atomic E-state index is -0.225. The topological polar surface area (TPSA) is 67.2 Å². The summed E-state index contributed by atoms with van der Waals surface area (Å²) in [6, 6.07) is 10.8. The van der Waals surface area contributed by atoms with Crippen molar-refractivity contribution in [2.24, 2.45) is 0 Å². The second kappa shape index (κ2) is 7.51. The van der Waals surface area contributed by atoms with E-state index in [4.69, 9.17) is 16.0 Å². The van der Waals surface area contributed by atoms with Crippen molar-refractivity contribution in [1.29, 1.82) is 0 Å². The van der Waals surface area contributed by atoms with E-state index in [1.165, 1.54) is 11.3 Å². The zero-order valence-corrected chi connectivity index (χ0v) is 14.6. The number of thiazole rings is 1. The second-order valence-electron chi connectivity index (χ2n) is 5.17. The molecule has 0 aliphatic carbocycles. The monoisotopic (exact) mass is 361 g/mol.